The fraction of sp³-hybridized carbons (Fsp3) is 0.150. The van der Waals surface area contributed by atoms with Gasteiger partial charge in [-0.2, -0.15) is 0 Å². The number of aromatic nitrogens is 2. The molecule has 0 atom stereocenters. The minimum absolute atomic E-state index is 0.206. The van der Waals surface area contributed by atoms with Gasteiger partial charge in [0.2, 0.25) is 5.95 Å². The van der Waals surface area contributed by atoms with Crippen molar-refractivity contribution in [1.29, 1.82) is 0 Å². The molecule has 0 aliphatic carbocycles. The Morgan fingerprint density at radius 3 is 2.70 bits per heavy atom. The fourth-order valence-electron chi connectivity index (χ4n) is 2.54. The highest BCUT2D eigenvalue weighted by Crippen LogP contribution is 2.13. The predicted molar refractivity (Wildman–Crippen MR) is 105 cm³/mol. The lowest BCUT2D eigenvalue weighted by atomic mass is 10.1. The maximum absolute atomic E-state index is 13.3. The number of rotatable bonds is 6. The Morgan fingerprint density at radius 2 is 1.93 bits per heavy atom. The molecule has 0 aliphatic heterocycles. The molecule has 2 N–H and O–H groups in total. The van der Waals surface area contributed by atoms with Crippen LogP contribution in [0, 0.1) is 12.7 Å². The highest BCUT2D eigenvalue weighted by molar-refractivity contribution is 6.30. The zero-order valence-corrected chi connectivity index (χ0v) is 15.4. The van der Waals surface area contributed by atoms with Gasteiger partial charge in [-0.3, -0.25) is 4.79 Å². The highest BCUT2D eigenvalue weighted by atomic mass is 35.5. The number of carbonyl (C=O) groups excluding carboxylic acids is 1. The molecule has 1 aromatic heterocycles. The number of nitrogens with one attached hydrogen (secondary N) is 2. The first-order valence-electron chi connectivity index (χ1n) is 8.40. The average Bonchev–Trinajstić information content (AvgIpc) is 2.61. The predicted octanol–water partition coefficient (Wildman–Crippen LogP) is 4.48. The Hall–Kier alpha value is -2.99. The van der Waals surface area contributed by atoms with Gasteiger partial charge >= 0.3 is 0 Å². The van der Waals surface area contributed by atoms with Crippen molar-refractivity contribution < 1.29 is 9.18 Å². The third-order valence-corrected chi connectivity index (χ3v) is 3.99. The van der Waals surface area contributed by atoms with E-state index in [1.54, 1.807) is 19.1 Å². The summed E-state index contributed by atoms with van der Waals surface area (Å²) in [5.41, 5.74) is 2.31. The van der Waals surface area contributed by atoms with Crippen molar-refractivity contribution in [3.05, 3.63) is 82.4 Å². The van der Waals surface area contributed by atoms with Gasteiger partial charge in [0.25, 0.3) is 5.91 Å². The van der Waals surface area contributed by atoms with Crippen molar-refractivity contribution in [3.63, 3.8) is 0 Å². The summed E-state index contributed by atoms with van der Waals surface area (Å²) in [4.78, 5) is 20.9. The minimum Gasteiger partial charge on any atom is -0.354 e. The normalized spacial score (nSPS) is 10.5. The van der Waals surface area contributed by atoms with Crippen LogP contribution >= 0.6 is 11.6 Å². The Bertz CT molecular complexity index is 964. The van der Waals surface area contributed by atoms with Crippen molar-refractivity contribution in [2.45, 2.75) is 13.3 Å². The number of hydrogen-bond acceptors (Lipinski definition) is 4. The van der Waals surface area contributed by atoms with Gasteiger partial charge in [-0.15, -0.1) is 0 Å². The van der Waals surface area contributed by atoms with E-state index in [0.29, 0.717) is 28.9 Å². The minimum atomic E-state index is -0.427. The van der Waals surface area contributed by atoms with E-state index in [9.17, 15) is 9.18 Å². The Balaban J connectivity index is 1.65. The molecule has 3 aromatic rings. The number of anilines is 2. The van der Waals surface area contributed by atoms with Crippen LogP contribution in [-0.4, -0.2) is 22.4 Å². The maximum Gasteiger partial charge on any atom is 0.274 e. The van der Waals surface area contributed by atoms with Gasteiger partial charge in [0.1, 0.15) is 11.5 Å². The van der Waals surface area contributed by atoms with Gasteiger partial charge in [-0.05, 0) is 55.3 Å². The molecule has 0 fully saturated rings. The first kappa shape index (κ1) is 18.8. The molecule has 0 spiro atoms. The molecule has 1 heterocycles. The largest absolute Gasteiger partial charge is 0.354 e. The first-order valence-corrected chi connectivity index (χ1v) is 8.78. The molecule has 138 valence electrons. The standard InChI is InChI=1S/C20H18ClFN4O/c1-13-10-18(19(27)25-17-7-3-6-16(22)12-17)26-20(24-13)23-9-8-14-4-2-5-15(21)11-14/h2-7,10-12H,8-9H2,1H3,(H,25,27)(H,23,24,26). The SMILES string of the molecule is Cc1cc(C(=O)Nc2cccc(F)c2)nc(NCCc2cccc(Cl)c2)n1. The number of hydrogen-bond donors (Lipinski definition) is 2. The molecular weight excluding hydrogens is 367 g/mol. The van der Waals surface area contributed by atoms with E-state index in [1.807, 2.05) is 24.3 Å². The Kier molecular flexibility index (Phi) is 5.98. The molecule has 27 heavy (non-hydrogen) atoms. The van der Waals surface area contributed by atoms with E-state index in [2.05, 4.69) is 20.6 Å². The van der Waals surface area contributed by atoms with Gasteiger partial charge in [0.15, 0.2) is 0 Å². The van der Waals surface area contributed by atoms with Gasteiger partial charge in [-0.1, -0.05) is 29.8 Å². The maximum atomic E-state index is 13.3. The molecule has 1 amide bonds. The highest BCUT2D eigenvalue weighted by Gasteiger charge is 2.11. The molecule has 5 nitrogen and oxygen atoms in total. The second-order valence-corrected chi connectivity index (χ2v) is 6.43. The summed E-state index contributed by atoms with van der Waals surface area (Å²) in [7, 11) is 0. The van der Waals surface area contributed by atoms with Crippen molar-refractivity contribution in [1.82, 2.24) is 9.97 Å². The number of halogens is 2. The van der Waals surface area contributed by atoms with E-state index >= 15 is 0 Å². The second kappa shape index (κ2) is 8.60. The van der Waals surface area contributed by atoms with E-state index in [1.165, 1.54) is 18.2 Å². The van der Waals surface area contributed by atoms with Crippen LogP contribution in [0.15, 0.2) is 54.6 Å². The fourth-order valence-corrected chi connectivity index (χ4v) is 2.75. The number of amides is 1. The lowest BCUT2D eigenvalue weighted by molar-refractivity contribution is 0.102. The van der Waals surface area contributed by atoms with Crippen LogP contribution < -0.4 is 10.6 Å². The van der Waals surface area contributed by atoms with Gasteiger partial charge in [0, 0.05) is 22.9 Å². The molecular formula is C20H18ClFN4O. The molecule has 0 bridgehead atoms. The van der Waals surface area contributed by atoms with Gasteiger partial charge < -0.3 is 10.6 Å². The molecule has 0 unspecified atom stereocenters. The Labute approximate surface area is 161 Å². The van der Waals surface area contributed by atoms with E-state index in [0.717, 1.165) is 12.0 Å². The smallest absolute Gasteiger partial charge is 0.274 e. The molecule has 7 heteroatoms. The summed E-state index contributed by atoms with van der Waals surface area (Å²) >= 11 is 5.98. The quantitative estimate of drug-likeness (QED) is 0.657. The van der Waals surface area contributed by atoms with E-state index < -0.39 is 11.7 Å². The molecule has 0 saturated carbocycles. The molecule has 3 rings (SSSR count). The van der Waals surface area contributed by atoms with Crippen LogP contribution in [0.4, 0.5) is 16.0 Å². The third kappa shape index (κ3) is 5.49. The molecule has 2 aromatic carbocycles. The topological polar surface area (TPSA) is 66.9 Å². The van der Waals surface area contributed by atoms with Crippen LogP contribution in [0.1, 0.15) is 21.7 Å². The summed E-state index contributed by atoms with van der Waals surface area (Å²) < 4.78 is 13.3. The summed E-state index contributed by atoms with van der Waals surface area (Å²) in [6, 6.07) is 14.9. The monoisotopic (exact) mass is 384 g/mol. The van der Waals surface area contributed by atoms with Gasteiger partial charge in [0.05, 0.1) is 0 Å². The first-order chi connectivity index (χ1) is 13.0. The average molecular weight is 385 g/mol. The third-order valence-electron chi connectivity index (χ3n) is 3.76. The number of aryl methyl sites for hydroxylation is 1. The molecule has 0 radical (unpaired) electrons. The van der Waals surface area contributed by atoms with Crippen molar-refractivity contribution in [2.75, 3.05) is 17.2 Å². The van der Waals surface area contributed by atoms with E-state index in [4.69, 9.17) is 11.6 Å². The number of carbonyl (C=O) groups is 1. The second-order valence-electron chi connectivity index (χ2n) is 5.99. The lowest BCUT2D eigenvalue weighted by Gasteiger charge is -2.09. The van der Waals surface area contributed by atoms with Crippen LogP contribution in [-0.2, 0) is 6.42 Å². The molecule has 0 aliphatic rings. The lowest BCUT2D eigenvalue weighted by Crippen LogP contribution is -2.17. The van der Waals surface area contributed by atoms with Gasteiger partial charge in [-0.25, -0.2) is 14.4 Å². The summed E-state index contributed by atoms with van der Waals surface area (Å²) in [5, 5.41) is 6.44. The van der Waals surface area contributed by atoms with Crippen LogP contribution in [0.3, 0.4) is 0 Å². The van der Waals surface area contributed by atoms with Crippen LogP contribution in [0.2, 0.25) is 5.02 Å². The van der Waals surface area contributed by atoms with Crippen LogP contribution in [0.25, 0.3) is 0 Å². The van der Waals surface area contributed by atoms with Crippen molar-refractivity contribution >= 4 is 29.1 Å². The van der Waals surface area contributed by atoms with Crippen molar-refractivity contribution in [2.24, 2.45) is 0 Å². The number of benzene rings is 2. The number of nitrogens with zero attached hydrogens (tertiary/aromatic N) is 2. The summed E-state index contributed by atoms with van der Waals surface area (Å²) in [6.07, 6.45) is 0.739. The zero-order chi connectivity index (χ0) is 19.2. The van der Waals surface area contributed by atoms with E-state index in [-0.39, 0.29) is 5.69 Å². The summed E-state index contributed by atoms with van der Waals surface area (Å²) in [6.45, 7) is 2.37. The van der Waals surface area contributed by atoms with Crippen molar-refractivity contribution in [3.8, 4) is 0 Å². The summed E-state index contributed by atoms with van der Waals surface area (Å²) in [5.74, 6) is -0.486. The molecule has 0 saturated heterocycles. The Morgan fingerprint density at radius 1 is 1.11 bits per heavy atom. The van der Waals surface area contributed by atoms with Crippen LogP contribution in [0.5, 0.6) is 0 Å². The zero-order valence-electron chi connectivity index (χ0n) is 14.7.